The summed E-state index contributed by atoms with van der Waals surface area (Å²) in [4.78, 5) is 20.1. The lowest BCUT2D eigenvalue weighted by atomic mass is 10.1. The van der Waals surface area contributed by atoms with Crippen molar-refractivity contribution >= 4 is 5.97 Å². The van der Waals surface area contributed by atoms with Crippen LogP contribution in [0, 0.1) is 6.92 Å². The Hall–Kier alpha value is -2.25. The molecule has 2 heterocycles. The lowest BCUT2D eigenvalue weighted by Crippen LogP contribution is -2.46. The van der Waals surface area contributed by atoms with Crippen LogP contribution in [0.1, 0.15) is 21.7 Å². The molecule has 1 aliphatic heterocycles. The molecule has 0 amide bonds. The zero-order chi connectivity index (χ0) is 16.9. The highest BCUT2D eigenvalue weighted by molar-refractivity contribution is 5.84. The first-order valence-electron chi connectivity index (χ1n) is 8.12. The maximum absolute atomic E-state index is 11.4. The number of hydrogen-bond donors (Lipinski definition) is 0. The van der Waals surface area contributed by atoms with E-state index < -0.39 is 5.97 Å². The van der Waals surface area contributed by atoms with E-state index in [9.17, 15) is 4.79 Å². The van der Waals surface area contributed by atoms with Crippen LogP contribution in [0.25, 0.3) is 0 Å². The zero-order valence-corrected chi connectivity index (χ0v) is 14.2. The standard InChI is InChI=1S/C17H23N5O2/c1-14-5-3-4-6-15(14)11-20-7-9-21(10-8-20)13-22-12-18-16(19-22)17(23)24-2/h3-6,12H,7-11,13H2,1-2H3. The molecule has 1 saturated heterocycles. The van der Waals surface area contributed by atoms with Gasteiger partial charge in [-0.1, -0.05) is 24.3 Å². The SMILES string of the molecule is COC(=O)c1ncn(CN2CCN(Cc3ccccc3C)CC2)n1. The second-order valence-corrected chi connectivity index (χ2v) is 6.06. The number of carbonyl (C=O) groups is 1. The topological polar surface area (TPSA) is 63.5 Å². The number of piperazine rings is 1. The molecule has 2 aromatic rings. The summed E-state index contributed by atoms with van der Waals surface area (Å²) < 4.78 is 6.31. The van der Waals surface area contributed by atoms with Crippen LogP contribution in [-0.4, -0.2) is 63.8 Å². The lowest BCUT2D eigenvalue weighted by Gasteiger charge is -2.34. The Morgan fingerprint density at radius 2 is 1.88 bits per heavy atom. The average molecular weight is 329 g/mol. The monoisotopic (exact) mass is 329 g/mol. The fraction of sp³-hybridized carbons (Fsp3) is 0.471. The minimum Gasteiger partial charge on any atom is -0.463 e. The van der Waals surface area contributed by atoms with E-state index in [1.807, 2.05) is 0 Å². The van der Waals surface area contributed by atoms with Gasteiger partial charge in [-0.25, -0.2) is 14.5 Å². The van der Waals surface area contributed by atoms with E-state index in [0.29, 0.717) is 6.67 Å². The van der Waals surface area contributed by atoms with Crippen LogP contribution < -0.4 is 0 Å². The van der Waals surface area contributed by atoms with Crippen molar-refractivity contribution in [2.45, 2.75) is 20.1 Å². The van der Waals surface area contributed by atoms with E-state index in [1.54, 1.807) is 11.0 Å². The Bertz CT molecular complexity index is 692. The molecule has 0 spiro atoms. The lowest BCUT2D eigenvalue weighted by molar-refractivity contribution is 0.0584. The van der Waals surface area contributed by atoms with Crippen molar-refractivity contribution in [1.29, 1.82) is 0 Å². The Kier molecular flexibility index (Phi) is 5.22. The third kappa shape index (κ3) is 3.98. The first kappa shape index (κ1) is 16.6. The van der Waals surface area contributed by atoms with Gasteiger partial charge in [0, 0.05) is 32.7 Å². The Balaban J connectivity index is 1.49. The Labute approximate surface area is 141 Å². The first-order chi connectivity index (χ1) is 11.7. The first-order valence-corrected chi connectivity index (χ1v) is 8.12. The smallest absolute Gasteiger partial charge is 0.377 e. The molecule has 0 saturated carbocycles. The van der Waals surface area contributed by atoms with Gasteiger partial charge in [0.2, 0.25) is 0 Å². The molecule has 0 radical (unpaired) electrons. The van der Waals surface area contributed by atoms with Crippen molar-refractivity contribution in [2.75, 3.05) is 33.3 Å². The molecule has 1 aromatic heterocycles. The molecule has 0 N–H and O–H groups in total. The van der Waals surface area contributed by atoms with Gasteiger partial charge < -0.3 is 4.74 Å². The maximum atomic E-state index is 11.4. The molecule has 128 valence electrons. The van der Waals surface area contributed by atoms with Gasteiger partial charge in [0.1, 0.15) is 6.33 Å². The number of hydrogen-bond acceptors (Lipinski definition) is 6. The summed E-state index contributed by atoms with van der Waals surface area (Å²) in [5, 5.41) is 4.15. The van der Waals surface area contributed by atoms with E-state index in [2.05, 4.69) is 55.8 Å². The Morgan fingerprint density at radius 1 is 1.17 bits per heavy atom. The van der Waals surface area contributed by atoms with Gasteiger partial charge in [-0.05, 0) is 18.1 Å². The van der Waals surface area contributed by atoms with E-state index in [-0.39, 0.29) is 5.82 Å². The van der Waals surface area contributed by atoms with Gasteiger partial charge in [0.15, 0.2) is 0 Å². The minimum absolute atomic E-state index is 0.107. The normalized spacial score (nSPS) is 16.2. The van der Waals surface area contributed by atoms with Crippen molar-refractivity contribution in [3.63, 3.8) is 0 Å². The zero-order valence-electron chi connectivity index (χ0n) is 14.2. The quantitative estimate of drug-likeness (QED) is 0.767. The maximum Gasteiger partial charge on any atom is 0.377 e. The molecule has 7 heteroatoms. The number of rotatable bonds is 5. The molecule has 3 rings (SSSR count). The molecule has 0 bridgehead atoms. The second-order valence-electron chi connectivity index (χ2n) is 6.06. The van der Waals surface area contributed by atoms with Crippen molar-refractivity contribution in [3.05, 3.63) is 47.5 Å². The second kappa shape index (κ2) is 7.55. The van der Waals surface area contributed by atoms with Crippen molar-refractivity contribution < 1.29 is 9.53 Å². The van der Waals surface area contributed by atoms with E-state index in [1.165, 1.54) is 18.2 Å². The predicted octanol–water partition coefficient (Wildman–Crippen LogP) is 1.15. The summed E-state index contributed by atoms with van der Waals surface area (Å²) in [6, 6.07) is 8.54. The molecule has 0 atom stereocenters. The predicted molar refractivity (Wildman–Crippen MR) is 89.4 cm³/mol. The molecule has 1 aromatic carbocycles. The number of benzene rings is 1. The highest BCUT2D eigenvalue weighted by Crippen LogP contribution is 2.12. The average Bonchev–Trinajstić information content (AvgIpc) is 3.06. The number of aromatic nitrogens is 3. The van der Waals surface area contributed by atoms with Crippen LogP contribution >= 0.6 is 0 Å². The van der Waals surface area contributed by atoms with Crippen molar-refractivity contribution in [1.82, 2.24) is 24.6 Å². The highest BCUT2D eigenvalue weighted by atomic mass is 16.5. The number of esters is 1. The van der Waals surface area contributed by atoms with Crippen LogP contribution in [0.5, 0.6) is 0 Å². The van der Waals surface area contributed by atoms with Crippen LogP contribution in [0.3, 0.4) is 0 Å². The fourth-order valence-corrected chi connectivity index (χ4v) is 2.87. The summed E-state index contributed by atoms with van der Waals surface area (Å²) in [5.41, 5.74) is 2.74. The Morgan fingerprint density at radius 3 is 2.58 bits per heavy atom. The van der Waals surface area contributed by atoms with Crippen molar-refractivity contribution in [3.8, 4) is 0 Å². The summed E-state index contributed by atoms with van der Waals surface area (Å²) in [6.45, 7) is 7.78. The van der Waals surface area contributed by atoms with Crippen molar-refractivity contribution in [2.24, 2.45) is 0 Å². The van der Waals surface area contributed by atoms with Gasteiger partial charge >= 0.3 is 5.97 Å². The highest BCUT2D eigenvalue weighted by Gasteiger charge is 2.19. The molecule has 0 unspecified atom stereocenters. The summed E-state index contributed by atoms with van der Waals surface area (Å²) in [5.74, 6) is -0.396. The van der Waals surface area contributed by atoms with E-state index >= 15 is 0 Å². The largest absolute Gasteiger partial charge is 0.463 e. The molecule has 7 nitrogen and oxygen atoms in total. The number of ether oxygens (including phenoxy) is 1. The third-order valence-electron chi connectivity index (χ3n) is 4.37. The number of carbonyl (C=O) groups excluding carboxylic acids is 1. The third-order valence-corrected chi connectivity index (χ3v) is 4.37. The molecule has 24 heavy (non-hydrogen) atoms. The van der Waals surface area contributed by atoms with Crippen LogP contribution in [-0.2, 0) is 18.0 Å². The number of nitrogens with zero attached hydrogens (tertiary/aromatic N) is 5. The van der Waals surface area contributed by atoms with Crippen LogP contribution in [0.2, 0.25) is 0 Å². The number of methoxy groups -OCH3 is 1. The van der Waals surface area contributed by atoms with Gasteiger partial charge in [-0.15, -0.1) is 5.10 Å². The molecule has 1 aliphatic rings. The van der Waals surface area contributed by atoms with Crippen LogP contribution in [0.4, 0.5) is 0 Å². The summed E-state index contributed by atoms with van der Waals surface area (Å²) in [6.07, 6.45) is 1.58. The molecular weight excluding hydrogens is 306 g/mol. The number of aryl methyl sites for hydroxylation is 1. The summed E-state index contributed by atoms with van der Waals surface area (Å²) >= 11 is 0. The van der Waals surface area contributed by atoms with E-state index in [4.69, 9.17) is 0 Å². The van der Waals surface area contributed by atoms with Crippen LogP contribution in [0.15, 0.2) is 30.6 Å². The molecular formula is C17H23N5O2. The van der Waals surface area contributed by atoms with Gasteiger partial charge in [0.25, 0.3) is 5.82 Å². The van der Waals surface area contributed by atoms with Gasteiger partial charge in [-0.2, -0.15) is 0 Å². The molecule has 0 aliphatic carbocycles. The minimum atomic E-state index is -0.503. The fourth-order valence-electron chi connectivity index (χ4n) is 2.87. The molecule has 1 fully saturated rings. The van der Waals surface area contributed by atoms with Gasteiger partial charge in [-0.3, -0.25) is 9.80 Å². The van der Waals surface area contributed by atoms with E-state index in [0.717, 1.165) is 32.7 Å². The summed E-state index contributed by atoms with van der Waals surface area (Å²) in [7, 11) is 1.33. The van der Waals surface area contributed by atoms with Gasteiger partial charge in [0.05, 0.1) is 13.8 Å².